The molecule has 0 amide bonds. The van der Waals surface area contributed by atoms with Crippen molar-refractivity contribution >= 4 is 25.6 Å². The second-order valence-electron chi connectivity index (χ2n) is 10.1. The quantitative estimate of drug-likeness (QED) is 0.442. The molecule has 11 heteroatoms. The molecule has 2 aromatic heterocycles. The van der Waals surface area contributed by atoms with Crippen LogP contribution in [0.2, 0.25) is 18.1 Å². The van der Waals surface area contributed by atoms with E-state index < -0.39 is 25.7 Å². The molecule has 1 N–H and O–H groups in total. The Morgan fingerprint density at radius 3 is 2.37 bits per heavy atom. The van der Waals surface area contributed by atoms with Crippen molar-refractivity contribution in [1.29, 1.82) is 0 Å². The number of aryl methyl sites for hydroxylation is 1. The van der Waals surface area contributed by atoms with Crippen molar-refractivity contribution in [1.82, 2.24) is 30.4 Å². The van der Waals surface area contributed by atoms with Gasteiger partial charge in [0.2, 0.25) is 5.82 Å². The molecular weight excluding hydrogens is 420 g/mol. The maximum absolute atomic E-state index is 11.6. The van der Waals surface area contributed by atoms with E-state index >= 15 is 0 Å². The molecule has 168 valence electrons. The molecule has 2 aromatic rings. The fourth-order valence-corrected chi connectivity index (χ4v) is 4.50. The molecule has 30 heavy (non-hydrogen) atoms. The van der Waals surface area contributed by atoms with Crippen LogP contribution in [-0.2, 0) is 15.6 Å². The van der Waals surface area contributed by atoms with Crippen molar-refractivity contribution in [2.75, 3.05) is 6.61 Å². The summed E-state index contributed by atoms with van der Waals surface area (Å²) in [6, 6.07) is -0.910. The van der Waals surface area contributed by atoms with E-state index in [1.165, 1.54) is 11.3 Å². The Morgan fingerprint density at radius 1 is 1.13 bits per heavy atom. The molecule has 0 aromatic carbocycles. The summed E-state index contributed by atoms with van der Waals surface area (Å²) >= 11 is 1.41. The Balaban J connectivity index is 1.92. The van der Waals surface area contributed by atoms with Gasteiger partial charge < -0.3 is 9.53 Å². The van der Waals surface area contributed by atoms with Gasteiger partial charge in [0.15, 0.2) is 19.4 Å². The van der Waals surface area contributed by atoms with Gasteiger partial charge in [0.05, 0.1) is 0 Å². The zero-order valence-electron chi connectivity index (χ0n) is 19.3. The predicted octanol–water partition coefficient (Wildman–Crippen LogP) is 4.21. The second-order valence-corrected chi connectivity index (χ2v) is 16.0. The number of aromatic nitrogens is 6. The number of hydrogen-bond donors (Lipinski definition) is 1. The summed E-state index contributed by atoms with van der Waals surface area (Å²) in [4.78, 5) is 12.8. The third kappa shape index (κ3) is 6.14. The molecule has 2 heterocycles. The van der Waals surface area contributed by atoms with Gasteiger partial charge in [-0.1, -0.05) is 52.9 Å². The van der Waals surface area contributed by atoms with Gasteiger partial charge in [0, 0.05) is 13.0 Å². The number of carboxylic acids is 1. The van der Waals surface area contributed by atoms with Crippen molar-refractivity contribution in [3.63, 3.8) is 0 Å². The Labute approximate surface area is 183 Å². The van der Waals surface area contributed by atoms with Gasteiger partial charge in [-0.3, -0.25) is 0 Å². The van der Waals surface area contributed by atoms with E-state index in [1.807, 2.05) is 20.8 Å². The molecule has 9 nitrogen and oxygen atoms in total. The molecule has 2 rings (SSSR count). The van der Waals surface area contributed by atoms with Crippen LogP contribution in [0.3, 0.4) is 0 Å². The lowest BCUT2D eigenvalue weighted by Crippen LogP contribution is -2.40. The SMILES string of the molecule is CC(C)(C)C(C(=O)O)n1nnc(-c2nnc(CCCCO[Si](C)(C)C(C)(C)C)s2)n1. The summed E-state index contributed by atoms with van der Waals surface area (Å²) < 4.78 is 6.21. The van der Waals surface area contributed by atoms with E-state index in [2.05, 4.69) is 59.5 Å². The lowest BCUT2D eigenvalue weighted by Gasteiger charge is -2.36. The van der Waals surface area contributed by atoms with Crippen LogP contribution < -0.4 is 0 Å². The summed E-state index contributed by atoms with van der Waals surface area (Å²) in [5.74, 6) is -0.695. The Bertz CT molecular complexity index is 853. The number of rotatable bonds is 9. The predicted molar refractivity (Wildman–Crippen MR) is 119 cm³/mol. The van der Waals surface area contributed by atoms with Crippen LogP contribution in [0.1, 0.15) is 65.4 Å². The van der Waals surface area contributed by atoms with Gasteiger partial charge in [-0.2, -0.15) is 0 Å². The maximum Gasteiger partial charge on any atom is 0.331 e. The Kier molecular flexibility index (Phi) is 7.52. The summed E-state index contributed by atoms with van der Waals surface area (Å²) in [7, 11) is -1.70. The molecule has 0 fully saturated rings. The van der Waals surface area contributed by atoms with Gasteiger partial charge in [0.1, 0.15) is 5.01 Å². The van der Waals surface area contributed by atoms with E-state index in [1.54, 1.807) is 0 Å². The highest BCUT2D eigenvalue weighted by Gasteiger charge is 2.37. The number of carbonyl (C=O) groups is 1. The molecule has 0 aliphatic carbocycles. The first kappa shape index (κ1) is 24.5. The highest BCUT2D eigenvalue weighted by Crippen LogP contribution is 2.36. The Morgan fingerprint density at radius 2 is 1.80 bits per heavy atom. The van der Waals surface area contributed by atoms with Gasteiger partial charge in [-0.05, 0) is 41.6 Å². The van der Waals surface area contributed by atoms with Gasteiger partial charge >= 0.3 is 5.97 Å². The average molecular weight is 455 g/mol. The number of hydrogen-bond acceptors (Lipinski definition) is 8. The van der Waals surface area contributed by atoms with Crippen molar-refractivity contribution in [3.05, 3.63) is 5.01 Å². The van der Waals surface area contributed by atoms with Crippen LogP contribution in [0.25, 0.3) is 10.8 Å². The number of aliphatic carboxylic acids is 1. The first-order valence-electron chi connectivity index (χ1n) is 10.2. The number of nitrogens with zero attached hydrogens (tertiary/aromatic N) is 6. The molecule has 0 saturated heterocycles. The molecule has 0 aliphatic rings. The van der Waals surface area contributed by atoms with Crippen LogP contribution in [0.5, 0.6) is 0 Å². The molecule has 1 atom stereocenters. The smallest absolute Gasteiger partial charge is 0.331 e. The fourth-order valence-electron chi connectivity index (χ4n) is 2.60. The zero-order chi connectivity index (χ0) is 22.7. The van der Waals surface area contributed by atoms with Gasteiger partial charge in [-0.25, -0.2) is 4.79 Å². The van der Waals surface area contributed by atoms with E-state index in [0.29, 0.717) is 10.8 Å². The standard InChI is InChI=1S/C19H34N6O3SSi/c1-18(2,3)14(17(26)27)25-23-15(21-24-25)16-22-20-13(29-16)11-9-10-12-28-30(7,8)19(4,5)6/h14H,9-12H2,1-8H3,(H,26,27). The topological polar surface area (TPSA) is 116 Å². The molecule has 0 bridgehead atoms. The maximum atomic E-state index is 11.6. The van der Waals surface area contributed by atoms with Gasteiger partial charge in [0.25, 0.3) is 0 Å². The minimum atomic E-state index is -1.70. The number of unbranched alkanes of at least 4 members (excludes halogenated alkanes) is 1. The molecule has 1 unspecified atom stereocenters. The highest BCUT2D eigenvalue weighted by molar-refractivity contribution is 7.14. The van der Waals surface area contributed by atoms with Crippen molar-refractivity contribution in [2.45, 2.75) is 85.0 Å². The van der Waals surface area contributed by atoms with E-state index in [4.69, 9.17) is 4.43 Å². The summed E-state index contributed by atoms with van der Waals surface area (Å²) in [5, 5.41) is 31.7. The third-order valence-electron chi connectivity index (χ3n) is 5.43. The van der Waals surface area contributed by atoms with Crippen LogP contribution in [0.4, 0.5) is 0 Å². The lowest BCUT2D eigenvalue weighted by atomic mass is 9.87. The summed E-state index contributed by atoms with van der Waals surface area (Å²) in [5.41, 5.74) is -0.553. The minimum Gasteiger partial charge on any atom is -0.480 e. The largest absolute Gasteiger partial charge is 0.480 e. The van der Waals surface area contributed by atoms with E-state index in [9.17, 15) is 9.90 Å². The Hall–Kier alpha value is -1.72. The first-order valence-corrected chi connectivity index (χ1v) is 13.9. The van der Waals surface area contributed by atoms with Crippen LogP contribution in [0.15, 0.2) is 0 Å². The van der Waals surface area contributed by atoms with Crippen molar-refractivity contribution in [3.8, 4) is 10.8 Å². The monoisotopic (exact) mass is 454 g/mol. The van der Waals surface area contributed by atoms with Crippen LogP contribution >= 0.6 is 11.3 Å². The summed E-state index contributed by atoms with van der Waals surface area (Å²) in [6.45, 7) is 17.5. The highest BCUT2D eigenvalue weighted by atomic mass is 32.1. The zero-order valence-corrected chi connectivity index (χ0v) is 21.1. The fraction of sp³-hybridized carbons (Fsp3) is 0.789. The second kappa shape index (κ2) is 9.19. The number of carboxylic acid groups (broad SMARTS) is 1. The van der Waals surface area contributed by atoms with E-state index in [-0.39, 0.29) is 5.04 Å². The lowest BCUT2D eigenvalue weighted by molar-refractivity contribution is -0.145. The van der Waals surface area contributed by atoms with Crippen molar-refractivity contribution < 1.29 is 14.3 Å². The average Bonchev–Trinajstić information content (AvgIpc) is 3.21. The molecule has 0 spiro atoms. The molecule has 0 radical (unpaired) electrons. The van der Waals surface area contributed by atoms with Crippen LogP contribution in [-0.4, -0.2) is 56.4 Å². The van der Waals surface area contributed by atoms with Crippen molar-refractivity contribution in [2.24, 2.45) is 5.41 Å². The normalized spacial score (nSPS) is 14.1. The van der Waals surface area contributed by atoms with Gasteiger partial charge in [-0.15, -0.1) is 25.2 Å². The molecule has 0 aliphatic heterocycles. The van der Waals surface area contributed by atoms with Crippen LogP contribution in [0, 0.1) is 5.41 Å². The third-order valence-corrected chi connectivity index (χ3v) is 10.9. The first-order chi connectivity index (χ1) is 13.7. The van der Waals surface area contributed by atoms with E-state index in [0.717, 1.165) is 35.7 Å². The minimum absolute atomic E-state index is 0.220. The summed E-state index contributed by atoms with van der Waals surface area (Å²) in [6.07, 6.45) is 2.75. The molecule has 0 saturated carbocycles. The number of tetrazole rings is 1. The molecular formula is C19H34N6O3SSi.